The molecular formula is C20H23NO5S. The molecule has 2 aromatic rings. The third-order valence-electron chi connectivity index (χ3n) is 4.87. The summed E-state index contributed by atoms with van der Waals surface area (Å²) in [6.07, 6.45) is 2.46. The van der Waals surface area contributed by atoms with Crippen LogP contribution in [-0.4, -0.2) is 31.2 Å². The van der Waals surface area contributed by atoms with E-state index in [2.05, 4.69) is 19.2 Å². The van der Waals surface area contributed by atoms with Crippen LogP contribution in [-0.2, 0) is 12.8 Å². The average molecular weight is 389 g/mol. The molecule has 2 N–H and O–H groups in total. The maximum absolute atomic E-state index is 12.7. The molecule has 1 aromatic carbocycles. The lowest BCUT2D eigenvalue weighted by atomic mass is 9.77. The maximum Gasteiger partial charge on any atom is 0.339 e. The standard InChI is InChI=1S/C20H23NO5S/c1-20(2)8-7-12-15(10-20)27-18(16(12)19(23)24)21-17(22)11-5-6-13(25-3)14(9-11)26-4/h5-6,9H,7-8,10H2,1-4H3,(H,21,22)(H,23,24). The SMILES string of the molecule is COc1ccc(C(=O)Nc2sc3c(c2C(=O)O)CCC(C)(C)C3)cc1OC. The molecule has 0 aliphatic heterocycles. The van der Waals surface area contributed by atoms with E-state index in [1.54, 1.807) is 18.2 Å². The van der Waals surface area contributed by atoms with Crippen LogP contribution in [0.25, 0.3) is 0 Å². The number of ether oxygens (including phenoxy) is 2. The second kappa shape index (κ2) is 7.23. The second-order valence-electron chi connectivity index (χ2n) is 7.38. The van der Waals surface area contributed by atoms with Crippen molar-refractivity contribution in [3.05, 3.63) is 39.8 Å². The van der Waals surface area contributed by atoms with Gasteiger partial charge in [0, 0.05) is 10.4 Å². The molecular weight excluding hydrogens is 366 g/mol. The Bertz CT molecular complexity index is 900. The number of thiophene rings is 1. The van der Waals surface area contributed by atoms with Gasteiger partial charge in [-0.1, -0.05) is 13.8 Å². The molecule has 0 saturated heterocycles. The number of hydrogen-bond acceptors (Lipinski definition) is 5. The fraction of sp³-hybridized carbons (Fsp3) is 0.400. The zero-order valence-electron chi connectivity index (χ0n) is 15.8. The minimum absolute atomic E-state index is 0.137. The van der Waals surface area contributed by atoms with Crippen LogP contribution in [0.3, 0.4) is 0 Å². The molecule has 3 rings (SSSR count). The van der Waals surface area contributed by atoms with Crippen LogP contribution in [0.2, 0.25) is 0 Å². The topological polar surface area (TPSA) is 84.9 Å². The molecule has 0 radical (unpaired) electrons. The molecule has 7 heteroatoms. The van der Waals surface area contributed by atoms with E-state index in [0.29, 0.717) is 28.5 Å². The van der Waals surface area contributed by atoms with Crippen molar-refractivity contribution in [3.8, 4) is 11.5 Å². The number of amides is 1. The molecule has 0 atom stereocenters. The van der Waals surface area contributed by atoms with Crippen LogP contribution in [0, 0.1) is 5.41 Å². The third-order valence-corrected chi connectivity index (χ3v) is 6.02. The Labute approximate surface area is 162 Å². The highest BCUT2D eigenvalue weighted by atomic mass is 32.1. The summed E-state index contributed by atoms with van der Waals surface area (Å²) in [5.41, 5.74) is 1.59. The molecule has 27 heavy (non-hydrogen) atoms. The minimum atomic E-state index is -1.00. The molecule has 1 aromatic heterocycles. The van der Waals surface area contributed by atoms with Crippen molar-refractivity contribution in [3.63, 3.8) is 0 Å². The van der Waals surface area contributed by atoms with E-state index in [9.17, 15) is 14.7 Å². The first-order valence-corrected chi connectivity index (χ1v) is 9.48. The zero-order chi connectivity index (χ0) is 19.8. The fourth-order valence-electron chi connectivity index (χ4n) is 3.37. The number of carbonyl (C=O) groups is 2. The van der Waals surface area contributed by atoms with Gasteiger partial charge in [0.2, 0.25) is 0 Å². The third kappa shape index (κ3) is 3.78. The molecule has 0 bridgehead atoms. The lowest BCUT2D eigenvalue weighted by molar-refractivity contribution is 0.0696. The van der Waals surface area contributed by atoms with Crippen LogP contribution in [0.15, 0.2) is 18.2 Å². The van der Waals surface area contributed by atoms with Crippen LogP contribution < -0.4 is 14.8 Å². The van der Waals surface area contributed by atoms with Gasteiger partial charge in [0.1, 0.15) is 5.00 Å². The number of benzene rings is 1. The molecule has 1 aliphatic rings. The van der Waals surface area contributed by atoms with E-state index < -0.39 is 5.97 Å². The number of methoxy groups -OCH3 is 2. The number of carboxylic acid groups (broad SMARTS) is 1. The van der Waals surface area contributed by atoms with Gasteiger partial charge < -0.3 is 19.9 Å². The first-order chi connectivity index (χ1) is 12.8. The Hall–Kier alpha value is -2.54. The number of anilines is 1. The Balaban J connectivity index is 1.93. The van der Waals surface area contributed by atoms with Crippen molar-refractivity contribution in [1.29, 1.82) is 0 Å². The molecule has 6 nitrogen and oxygen atoms in total. The number of carboxylic acids is 1. The van der Waals surface area contributed by atoms with Crippen LogP contribution in [0.1, 0.15) is 51.4 Å². The van der Waals surface area contributed by atoms with E-state index in [0.717, 1.165) is 23.3 Å². The van der Waals surface area contributed by atoms with Gasteiger partial charge in [0.15, 0.2) is 11.5 Å². The molecule has 0 saturated carbocycles. The van der Waals surface area contributed by atoms with Crippen molar-refractivity contribution in [2.45, 2.75) is 33.1 Å². The molecule has 1 amide bonds. The fourth-order valence-corrected chi connectivity index (χ4v) is 4.87. The highest BCUT2D eigenvalue weighted by Gasteiger charge is 2.32. The predicted molar refractivity (Wildman–Crippen MR) is 105 cm³/mol. The number of nitrogens with one attached hydrogen (secondary N) is 1. The Morgan fingerprint density at radius 1 is 1.19 bits per heavy atom. The first-order valence-electron chi connectivity index (χ1n) is 8.67. The van der Waals surface area contributed by atoms with Gasteiger partial charge in [0.25, 0.3) is 5.91 Å². The minimum Gasteiger partial charge on any atom is -0.493 e. The normalized spacial score (nSPS) is 15.0. The van der Waals surface area contributed by atoms with Crippen molar-refractivity contribution in [2.24, 2.45) is 5.41 Å². The molecule has 1 aliphatic carbocycles. The summed E-state index contributed by atoms with van der Waals surface area (Å²) in [5, 5.41) is 12.9. The molecule has 144 valence electrons. The molecule has 0 unspecified atom stereocenters. The number of carbonyl (C=O) groups excluding carboxylic acids is 1. The van der Waals surface area contributed by atoms with Gasteiger partial charge >= 0.3 is 5.97 Å². The number of hydrogen-bond donors (Lipinski definition) is 2. The number of fused-ring (bicyclic) bond motifs is 1. The largest absolute Gasteiger partial charge is 0.493 e. The van der Waals surface area contributed by atoms with Crippen molar-refractivity contribution in [1.82, 2.24) is 0 Å². The van der Waals surface area contributed by atoms with E-state index in [1.165, 1.54) is 25.6 Å². The highest BCUT2D eigenvalue weighted by molar-refractivity contribution is 7.17. The van der Waals surface area contributed by atoms with Crippen molar-refractivity contribution >= 4 is 28.2 Å². The van der Waals surface area contributed by atoms with E-state index in [-0.39, 0.29) is 16.9 Å². The smallest absolute Gasteiger partial charge is 0.339 e. The van der Waals surface area contributed by atoms with E-state index in [4.69, 9.17) is 9.47 Å². The van der Waals surface area contributed by atoms with Crippen LogP contribution in [0.5, 0.6) is 11.5 Å². The van der Waals surface area contributed by atoms with Crippen LogP contribution in [0.4, 0.5) is 5.00 Å². The number of rotatable bonds is 5. The Kier molecular flexibility index (Phi) is 5.15. The summed E-state index contributed by atoms with van der Waals surface area (Å²) < 4.78 is 10.4. The van der Waals surface area contributed by atoms with Crippen LogP contribution >= 0.6 is 11.3 Å². The van der Waals surface area contributed by atoms with E-state index in [1.807, 2.05) is 0 Å². The summed E-state index contributed by atoms with van der Waals surface area (Å²) >= 11 is 1.36. The van der Waals surface area contributed by atoms with E-state index >= 15 is 0 Å². The lowest BCUT2D eigenvalue weighted by Crippen LogP contribution is -2.22. The van der Waals surface area contributed by atoms with Gasteiger partial charge in [-0.15, -0.1) is 11.3 Å². The Morgan fingerprint density at radius 3 is 2.52 bits per heavy atom. The maximum atomic E-state index is 12.7. The summed E-state index contributed by atoms with van der Waals surface area (Å²) in [6.45, 7) is 4.36. The summed E-state index contributed by atoms with van der Waals surface area (Å²) in [6, 6.07) is 4.84. The van der Waals surface area contributed by atoms with Gasteiger partial charge in [-0.25, -0.2) is 4.79 Å². The van der Waals surface area contributed by atoms with Crippen molar-refractivity contribution in [2.75, 3.05) is 19.5 Å². The van der Waals surface area contributed by atoms with Gasteiger partial charge in [-0.2, -0.15) is 0 Å². The van der Waals surface area contributed by atoms with Gasteiger partial charge in [-0.05, 0) is 48.4 Å². The summed E-state index contributed by atoms with van der Waals surface area (Å²) in [4.78, 5) is 25.6. The molecule has 0 fully saturated rings. The zero-order valence-corrected chi connectivity index (χ0v) is 16.7. The molecule has 0 spiro atoms. The first kappa shape index (κ1) is 19.2. The lowest BCUT2D eigenvalue weighted by Gasteiger charge is -2.29. The second-order valence-corrected chi connectivity index (χ2v) is 8.48. The quantitative estimate of drug-likeness (QED) is 0.799. The predicted octanol–water partition coefficient (Wildman–Crippen LogP) is 4.23. The highest BCUT2D eigenvalue weighted by Crippen LogP contribution is 2.44. The average Bonchev–Trinajstić information content (AvgIpc) is 2.96. The Morgan fingerprint density at radius 2 is 1.89 bits per heavy atom. The van der Waals surface area contributed by atoms with Gasteiger partial charge in [0.05, 0.1) is 19.8 Å². The van der Waals surface area contributed by atoms with Crippen molar-refractivity contribution < 1.29 is 24.2 Å². The summed E-state index contributed by atoms with van der Waals surface area (Å²) in [5.74, 6) is -0.420. The van der Waals surface area contributed by atoms with Gasteiger partial charge in [-0.3, -0.25) is 4.79 Å². The summed E-state index contributed by atoms with van der Waals surface area (Å²) in [7, 11) is 3.02. The monoisotopic (exact) mass is 389 g/mol. The number of aromatic carboxylic acids is 1. The molecule has 1 heterocycles.